The molecule has 0 bridgehead atoms. The number of nitrogens with one attached hydrogen (secondary N) is 1. The number of benzene rings is 2. The van der Waals surface area contributed by atoms with Gasteiger partial charge in [0.05, 0.1) is 30.0 Å². The summed E-state index contributed by atoms with van der Waals surface area (Å²) >= 11 is 6.08. The lowest BCUT2D eigenvalue weighted by Gasteiger charge is -2.11. The molecule has 0 aliphatic rings. The molecular formula is C19H21ClN2O3. The highest BCUT2D eigenvalue weighted by molar-refractivity contribution is 6.33. The van der Waals surface area contributed by atoms with Crippen LogP contribution in [0.2, 0.25) is 5.02 Å². The molecule has 0 fully saturated rings. The molecule has 2 rings (SSSR count). The Balaban J connectivity index is 2.08. The average molecular weight is 361 g/mol. The van der Waals surface area contributed by atoms with Crippen molar-refractivity contribution in [2.45, 2.75) is 20.8 Å². The largest absolute Gasteiger partial charge is 0.490 e. The summed E-state index contributed by atoms with van der Waals surface area (Å²) in [5.74, 6) is 0.954. The van der Waals surface area contributed by atoms with Gasteiger partial charge >= 0.3 is 0 Å². The third-order valence-corrected chi connectivity index (χ3v) is 3.63. The van der Waals surface area contributed by atoms with Crippen molar-refractivity contribution < 1.29 is 14.3 Å². The van der Waals surface area contributed by atoms with Crippen molar-refractivity contribution >= 4 is 23.7 Å². The van der Waals surface area contributed by atoms with Gasteiger partial charge < -0.3 is 9.47 Å². The molecular weight excluding hydrogens is 340 g/mol. The minimum Gasteiger partial charge on any atom is -0.490 e. The molecule has 1 amide bonds. The Morgan fingerprint density at radius 2 is 1.84 bits per heavy atom. The van der Waals surface area contributed by atoms with Gasteiger partial charge in [0.1, 0.15) is 0 Å². The number of hydrazone groups is 1. The van der Waals surface area contributed by atoms with Crippen molar-refractivity contribution in [3.63, 3.8) is 0 Å². The van der Waals surface area contributed by atoms with Crippen LogP contribution < -0.4 is 14.9 Å². The molecule has 0 aromatic heterocycles. The van der Waals surface area contributed by atoms with Gasteiger partial charge in [-0.2, -0.15) is 5.10 Å². The first-order chi connectivity index (χ1) is 12.0. The summed E-state index contributed by atoms with van der Waals surface area (Å²) in [5, 5.41) is 4.37. The summed E-state index contributed by atoms with van der Waals surface area (Å²) in [6.45, 7) is 6.82. The Labute approximate surface area is 152 Å². The fourth-order valence-corrected chi connectivity index (χ4v) is 2.50. The van der Waals surface area contributed by atoms with Crippen molar-refractivity contribution in [1.82, 2.24) is 5.43 Å². The van der Waals surface area contributed by atoms with E-state index in [1.165, 1.54) is 6.21 Å². The molecule has 6 heteroatoms. The highest BCUT2D eigenvalue weighted by Crippen LogP contribution is 2.28. The van der Waals surface area contributed by atoms with Crippen LogP contribution in [0.5, 0.6) is 11.5 Å². The predicted octanol–water partition coefficient (Wildman–Crippen LogP) is 4.21. The minimum atomic E-state index is -0.364. The van der Waals surface area contributed by atoms with Crippen LogP contribution in [0.1, 0.15) is 35.3 Å². The molecule has 0 atom stereocenters. The summed E-state index contributed by atoms with van der Waals surface area (Å²) in [6.07, 6.45) is 1.54. The molecule has 2 aromatic carbocycles. The maximum atomic E-state index is 12.1. The lowest BCUT2D eigenvalue weighted by Crippen LogP contribution is -2.18. The Morgan fingerprint density at radius 1 is 1.12 bits per heavy atom. The summed E-state index contributed by atoms with van der Waals surface area (Å²) in [7, 11) is 0. The number of hydrogen-bond donors (Lipinski definition) is 1. The number of hydrogen-bond acceptors (Lipinski definition) is 4. The standard InChI is InChI=1S/C19H21ClN2O3/c1-4-24-17-9-7-14(11-18(17)25-5-2)12-21-22-19(23)15-8-6-13(3)10-16(15)20/h6-12H,4-5H2,1-3H3,(H,22,23). The maximum absolute atomic E-state index is 12.1. The van der Waals surface area contributed by atoms with E-state index >= 15 is 0 Å². The molecule has 0 spiro atoms. The molecule has 132 valence electrons. The molecule has 0 unspecified atom stereocenters. The van der Waals surface area contributed by atoms with Gasteiger partial charge in [-0.3, -0.25) is 4.79 Å². The Hall–Kier alpha value is -2.53. The van der Waals surface area contributed by atoms with Crippen LogP contribution in [0, 0.1) is 6.92 Å². The number of rotatable bonds is 7. The van der Waals surface area contributed by atoms with Crippen LogP contribution in [0.25, 0.3) is 0 Å². The molecule has 0 aliphatic heterocycles. The minimum absolute atomic E-state index is 0.364. The molecule has 0 aliphatic carbocycles. The number of aryl methyl sites for hydroxylation is 1. The van der Waals surface area contributed by atoms with Crippen LogP contribution in [0.4, 0.5) is 0 Å². The number of nitrogens with zero attached hydrogens (tertiary/aromatic N) is 1. The first-order valence-electron chi connectivity index (χ1n) is 8.04. The van der Waals surface area contributed by atoms with Crippen LogP contribution >= 0.6 is 11.6 Å². The van der Waals surface area contributed by atoms with Crippen molar-refractivity contribution in [1.29, 1.82) is 0 Å². The summed E-state index contributed by atoms with van der Waals surface area (Å²) in [5.41, 5.74) is 4.62. The number of amides is 1. The monoisotopic (exact) mass is 360 g/mol. The van der Waals surface area contributed by atoms with Gasteiger partial charge in [-0.15, -0.1) is 0 Å². The number of halogens is 1. The van der Waals surface area contributed by atoms with Gasteiger partial charge in [0, 0.05) is 0 Å². The second-order valence-electron chi connectivity index (χ2n) is 5.25. The molecule has 0 radical (unpaired) electrons. The zero-order valence-corrected chi connectivity index (χ0v) is 15.3. The summed E-state index contributed by atoms with van der Waals surface area (Å²) in [4.78, 5) is 12.1. The smallest absolute Gasteiger partial charge is 0.272 e. The van der Waals surface area contributed by atoms with E-state index in [4.69, 9.17) is 21.1 Å². The van der Waals surface area contributed by atoms with Gasteiger partial charge in [0.2, 0.25) is 0 Å². The Bertz CT molecular complexity index is 775. The first-order valence-corrected chi connectivity index (χ1v) is 8.42. The summed E-state index contributed by atoms with van der Waals surface area (Å²) < 4.78 is 11.1. The van der Waals surface area contributed by atoms with Crippen LogP contribution in [0.3, 0.4) is 0 Å². The van der Waals surface area contributed by atoms with E-state index in [0.717, 1.165) is 11.1 Å². The number of ether oxygens (including phenoxy) is 2. The molecule has 0 saturated carbocycles. The quantitative estimate of drug-likeness (QED) is 0.594. The second kappa shape index (κ2) is 9.08. The van der Waals surface area contributed by atoms with Crippen molar-refractivity contribution in [3.05, 3.63) is 58.1 Å². The zero-order valence-electron chi connectivity index (χ0n) is 14.5. The van der Waals surface area contributed by atoms with Crippen LogP contribution in [-0.4, -0.2) is 25.3 Å². The zero-order chi connectivity index (χ0) is 18.2. The van der Waals surface area contributed by atoms with E-state index in [9.17, 15) is 4.79 Å². The molecule has 2 aromatic rings. The van der Waals surface area contributed by atoms with E-state index in [1.807, 2.05) is 45.0 Å². The van der Waals surface area contributed by atoms with Crippen LogP contribution in [-0.2, 0) is 0 Å². The molecule has 5 nitrogen and oxygen atoms in total. The van der Waals surface area contributed by atoms with E-state index < -0.39 is 0 Å². The third-order valence-electron chi connectivity index (χ3n) is 3.32. The van der Waals surface area contributed by atoms with Crippen molar-refractivity contribution in [2.75, 3.05) is 13.2 Å². The lowest BCUT2D eigenvalue weighted by atomic mass is 10.1. The first kappa shape index (κ1) is 18.8. The predicted molar refractivity (Wildman–Crippen MR) is 100 cm³/mol. The molecule has 25 heavy (non-hydrogen) atoms. The Morgan fingerprint density at radius 3 is 2.52 bits per heavy atom. The van der Waals surface area contributed by atoms with Gasteiger partial charge in [0.15, 0.2) is 11.5 Å². The van der Waals surface area contributed by atoms with E-state index in [2.05, 4.69) is 10.5 Å². The highest BCUT2D eigenvalue weighted by Gasteiger charge is 2.09. The number of carbonyl (C=O) groups is 1. The Kier molecular flexibility index (Phi) is 6.83. The highest BCUT2D eigenvalue weighted by atomic mass is 35.5. The lowest BCUT2D eigenvalue weighted by molar-refractivity contribution is 0.0955. The SMILES string of the molecule is CCOc1ccc(C=NNC(=O)c2ccc(C)cc2Cl)cc1OCC. The van der Waals surface area contributed by atoms with Crippen molar-refractivity contribution in [3.8, 4) is 11.5 Å². The van der Waals surface area contributed by atoms with Crippen molar-refractivity contribution in [2.24, 2.45) is 5.10 Å². The molecule has 0 heterocycles. The van der Waals surface area contributed by atoms with E-state index in [-0.39, 0.29) is 5.91 Å². The van der Waals surface area contributed by atoms with Gasteiger partial charge in [-0.1, -0.05) is 17.7 Å². The molecule has 0 saturated heterocycles. The van der Waals surface area contributed by atoms with Gasteiger partial charge in [-0.25, -0.2) is 5.43 Å². The average Bonchev–Trinajstić information content (AvgIpc) is 2.57. The second-order valence-corrected chi connectivity index (χ2v) is 5.66. The number of carbonyl (C=O) groups excluding carboxylic acids is 1. The summed E-state index contributed by atoms with van der Waals surface area (Å²) in [6, 6.07) is 10.7. The maximum Gasteiger partial charge on any atom is 0.272 e. The normalized spacial score (nSPS) is 10.7. The van der Waals surface area contributed by atoms with E-state index in [1.54, 1.807) is 12.1 Å². The van der Waals surface area contributed by atoms with E-state index in [0.29, 0.717) is 35.3 Å². The third kappa shape index (κ3) is 5.22. The topological polar surface area (TPSA) is 59.9 Å². The van der Waals surface area contributed by atoms with Gasteiger partial charge in [-0.05, 0) is 62.2 Å². The molecule has 1 N–H and O–H groups in total. The fraction of sp³-hybridized carbons (Fsp3) is 0.263. The van der Waals surface area contributed by atoms with Gasteiger partial charge in [0.25, 0.3) is 5.91 Å². The fourth-order valence-electron chi connectivity index (χ4n) is 2.18. The van der Waals surface area contributed by atoms with Crippen LogP contribution in [0.15, 0.2) is 41.5 Å².